The Morgan fingerprint density at radius 1 is 1.05 bits per heavy atom. The Balaban J connectivity index is 1.84. The van der Waals surface area contributed by atoms with E-state index in [1.54, 1.807) is 7.11 Å². The number of benzene rings is 2. The minimum Gasteiger partial charge on any atom is -0.496 e. The third-order valence-electron chi connectivity index (χ3n) is 3.18. The molecule has 0 saturated heterocycles. The predicted octanol–water partition coefficient (Wildman–Crippen LogP) is 3.34. The van der Waals surface area contributed by atoms with E-state index in [-0.39, 0.29) is 0 Å². The quantitative estimate of drug-likeness (QED) is 0.799. The van der Waals surface area contributed by atoms with Crippen molar-refractivity contribution in [2.75, 3.05) is 13.7 Å². The van der Waals surface area contributed by atoms with Crippen molar-refractivity contribution >= 4 is 0 Å². The highest BCUT2D eigenvalue weighted by atomic mass is 16.5. The molecule has 0 aliphatic rings. The van der Waals surface area contributed by atoms with Gasteiger partial charge in [-0.15, -0.1) is 0 Å². The molecule has 0 fully saturated rings. The van der Waals surface area contributed by atoms with E-state index in [1.807, 2.05) is 6.07 Å². The van der Waals surface area contributed by atoms with Crippen molar-refractivity contribution in [2.24, 2.45) is 0 Å². The average molecular weight is 255 g/mol. The lowest BCUT2D eigenvalue weighted by Crippen LogP contribution is -2.17. The van der Waals surface area contributed by atoms with Crippen LogP contribution in [0.3, 0.4) is 0 Å². The van der Waals surface area contributed by atoms with Crippen molar-refractivity contribution in [3.05, 3.63) is 65.2 Å². The fourth-order valence-electron chi connectivity index (χ4n) is 2.15. The first-order valence-electron chi connectivity index (χ1n) is 6.68. The van der Waals surface area contributed by atoms with Gasteiger partial charge in [0.25, 0.3) is 0 Å². The molecule has 0 bridgehead atoms. The normalized spacial score (nSPS) is 10.4. The van der Waals surface area contributed by atoms with Crippen LogP contribution in [-0.2, 0) is 13.0 Å². The molecule has 2 aromatic carbocycles. The molecule has 0 atom stereocenters. The van der Waals surface area contributed by atoms with Gasteiger partial charge in [-0.25, -0.2) is 0 Å². The third-order valence-corrected chi connectivity index (χ3v) is 3.18. The first-order valence-corrected chi connectivity index (χ1v) is 6.68. The summed E-state index contributed by atoms with van der Waals surface area (Å²) < 4.78 is 5.38. The van der Waals surface area contributed by atoms with E-state index in [0.29, 0.717) is 0 Å². The van der Waals surface area contributed by atoms with Gasteiger partial charge in [-0.05, 0) is 31.5 Å². The Bertz CT molecular complexity index is 508. The molecule has 2 aromatic rings. The van der Waals surface area contributed by atoms with Crippen LogP contribution >= 0.6 is 0 Å². The first-order chi connectivity index (χ1) is 9.29. The lowest BCUT2D eigenvalue weighted by atomic mass is 10.1. The van der Waals surface area contributed by atoms with Crippen molar-refractivity contribution in [2.45, 2.75) is 19.9 Å². The maximum atomic E-state index is 5.38. The monoisotopic (exact) mass is 255 g/mol. The Morgan fingerprint density at radius 3 is 2.58 bits per heavy atom. The molecule has 0 radical (unpaired) electrons. The molecular formula is C17H21NO. The molecule has 0 unspecified atom stereocenters. The van der Waals surface area contributed by atoms with Crippen molar-refractivity contribution < 1.29 is 4.74 Å². The van der Waals surface area contributed by atoms with E-state index in [2.05, 4.69) is 54.7 Å². The molecule has 19 heavy (non-hydrogen) atoms. The zero-order valence-corrected chi connectivity index (χ0v) is 11.6. The largest absolute Gasteiger partial charge is 0.496 e. The molecule has 0 heterocycles. The van der Waals surface area contributed by atoms with E-state index in [0.717, 1.165) is 25.3 Å². The van der Waals surface area contributed by atoms with Crippen LogP contribution < -0.4 is 10.1 Å². The number of aryl methyl sites for hydroxylation is 1. The molecule has 0 saturated carbocycles. The van der Waals surface area contributed by atoms with E-state index in [1.165, 1.54) is 16.7 Å². The van der Waals surface area contributed by atoms with Gasteiger partial charge in [0.05, 0.1) is 7.11 Å². The molecule has 0 aliphatic heterocycles. The maximum absolute atomic E-state index is 5.38. The van der Waals surface area contributed by atoms with Gasteiger partial charge in [-0.3, -0.25) is 0 Å². The summed E-state index contributed by atoms with van der Waals surface area (Å²) in [5.74, 6) is 0.956. The van der Waals surface area contributed by atoms with Crippen molar-refractivity contribution in [3.8, 4) is 5.75 Å². The van der Waals surface area contributed by atoms with Crippen molar-refractivity contribution in [3.63, 3.8) is 0 Å². The number of ether oxygens (including phenoxy) is 1. The van der Waals surface area contributed by atoms with Crippen LogP contribution in [0.25, 0.3) is 0 Å². The fraction of sp³-hybridized carbons (Fsp3) is 0.294. The predicted molar refractivity (Wildman–Crippen MR) is 79.6 cm³/mol. The summed E-state index contributed by atoms with van der Waals surface area (Å²) >= 11 is 0. The molecule has 100 valence electrons. The van der Waals surface area contributed by atoms with Crippen molar-refractivity contribution in [1.82, 2.24) is 5.32 Å². The summed E-state index contributed by atoms with van der Waals surface area (Å²) in [5, 5.41) is 3.47. The molecule has 0 amide bonds. The van der Waals surface area contributed by atoms with E-state index in [9.17, 15) is 0 Å². The summed E-state index contributed by atoms with van der Waals surface area (Å²) in [6.45, 7) is 3.92. The Hall–Kier alpha value is -1.80. The van der Waals surface area contributed by atoms with Crippen LogP contribution in [0, 0.1) is 6.92 Å². The van der Waals surface area contributed by atoms with Gasteiger partial charge in [-0.2, -0.15) is 0 Å². The molecular weight excluding hydrogens is 234 g/mol. The Kier molecular flexibility index (Phi) is 4.99. The molecule has 0 aliphatic carbocycles. The summed E-state index contributed by atoms with van der Waals surface area (Å²) in [4.78, 5) is 0. The van der Waals surface area contributed by atoms with Gasteiger partial charge in [-0.1, -0.05) is 48.0 Å². The minimum atomic E-state index is 0.845. The zero-order chi connectivity index (χ0) is 13.5. The average Bonchev–Trinajstić information content (AvgIpc) is 2.45. The van der Waals surface area contributed by atoms with Crippen LogP contribution in [0.5, 0.6) is 5.75 Å². The maximum Gasteiger partial charge on any atom is 0.123 e. The molecule has 2 nitrogen and oxygen atoms in total. The van der Waals surface area contributed by atoms with E-state index < -0.39 is 0 Å². The second-order valence-corrected chi connectivity index (χ2v) is 4.73. The molecule has 2 rings (SSSR count). The van der Waals surface area contributed by atoms with Gasteiger partial charge in [0.2, 0.25) is 0 Å². The summed E-state index contributed by atoms with van der Waals surface area (Å²) in [6, 6.07) is 16.8. The van der Waals surface area contributed by atoms with Gasteiger partial charge < -0.3 is 10.1 Å². The highest BCUT2D eigenvalue weighted by molar-refractivity contribution is 5.36. The van der Waals surface area contributed by atoms with Crippen LogP contribution in [0.1, 0.15) is 16.7 Å². The van der Waals surface area contributed by atoms with E-state index >= 15 is 0 Å². The molecule has 2 heteroatoms. The summed E-state index contributed by atoms with van der Waals surface area (Å²) in [5.41, 5.74) is 3.85. The minimum absolute atomic E-state index is 0.845. The number of nitrogens with one attached hydrogen (secondary N) is 1. The number of hydrogen-bond acceptors (Lipinski definition) is 2. The van der Waals surface area contributed by atoms with Crippen molar-refractivity contribution in [1.29, 1.82) is 0 Å². The Morgan fingerprint density at radius 2 is 1.84 bits per heavy atom. The highest BCUT2D eigenvalue weighted by Gasteiger charge is 2.02. The van der Waals surface area contributed by atoms with Gasteiger partial charge >= 0.3 is 0 Å². The van der Waals surface area contributed by atoms with E-state index in [4.69, 9.17) is 4.74 Å². The molecule has 1 N–H and O–H groups in total. The van der Waals surface area contributed by atoms with Crippen LogP contribution in [0.4, 0.5) is 0 Å². The van der Waals surface area contributed by atoms with Gasteiger partial charge in [0.1, 0.15) is 5.75 Å². The Labute approximate surface area is 115 Å². The number of methoxy groups -OCH3 is 1. The topological polar surface area (TPSA) is 21.3 Å². The molecule has 0 spiro atoms. The second kappa shape index (κ2) is 6.95. The van der Waals surface area contributed by atoms with Crippen LogP contribution in [-0.4, -0.2) is 13.7 Å². The lowest BCUT2D eigenvalue weighted by Gasteiger charge is -2.10. The number of rotatable bonds is 6. The molecule has 0 aromatic heterocycles. The zero-order valence-electron chi connectivity index (χ0n) is 11.6. The number of hydrogen-bond donors (Lipinski definition) is 1. The first kappa shape index (κ1) is 13.6. The third kappa shape index (κ3) is 4.11. The second-order valence-electron chi connectivity index (χ2n) is 4.73. The van der Waals surface area contributed by atoms with Gasteiger partial charge in [0.15, 0.2) is 0 Å². The summed E-state index contributed by atoms with van der Waals surface area (Å²) in [7, 11) is 1.72. The van der Waals surface area contributed by atoms with Crippen LogP contribution in [0.2, 0.25) is 0 Å². The SMILES string of the molecule is COc1ccc(C)cc1CNCCc1ccccc1. The highest BCUT2D eigenvalue weighted by Crippen LogP contribution is 2.19. The van der Waals surface area contributed by atoms with Crippen LogP contribution in [0.15, 0.2) is 48.5 Å². The fourth-order valence-corrected chi connectivity index (χ4v) is 2.15. The van der Waals surface area contributed by atoms with Gasteiger partial charge in [0, 0.05) is 12.1 Å². The lowest BCUT2D eigenvalue weighted by molar-refractivity contribution is 0.407. The smallest absolute Gasteiger partial charge is 0.123 e. The summed E-state index contributed by atoms with van der Waals surface area (Å²) in [6.07, 6.45) is 1.05. The standard InChI is InChI=1S/C17H21NO/c1-14-8-9-17(19-2)16(12-14)13-18-11-10-15-6-4-3-5-7-15/h3-9,12,18H,10-11,13H2,1-2H3.